The summed E-state index contributed by atoms with van der Waals surface area (Å²) in [5, 5.41) is 11.1. The molecule has 0 aliphatic heterocycles. The van der Waals surface area contributed by atoms with Gasteiger partial charge in [-0.25, -0.2) is 14.8 Å². The maximum Gasteiger partial charge on any atom is 0.355 e. The highest BCUT2D eigenvalue weighted by Crippen LogP contribution is 2.31. The van der Waals surface area contributed by atoms with Crippen molar-refractivity contribution < 1.29 is 9.90 Å². The summed E-state index contributed by atoms with van der Waals surface area (Å²) in [6.45, 7) is 1.74. The number of hydrogen-bond donors (Lipinski definition) is 1. The number of rotatable bonds is 2. The fourth-order valence-electron chi connectivity index (χ4n) is 2.28. The maximum absolute atomic E-state index is 11.6. The van der Waals surface area contributed by atoms with E-state index in [1.807, 2.05) is 0 Å². The highest BCUT2D eigenvalue weighted by Gasteiger charge is 2.18. The Bertz CT molecular complexity index is 958. The van der Waals surface area contributed by atoms with Crippen LogP contribution in [0.25, 0.3) is 22.3 Å². The number of benzene rings is 2. The Morgan fingerprint density at radius 3 is 2.35 bits per heavy atom. The third-order valence-electron chi connectivity index (χ3n) is 3.44. The summed E-state index contributed by atoms with van der Waals surface area (Å²) < 4.78 is 0. The molecule has 0 amide bonds. The number of aromatic carboxylic acids is 1. The van der Waals surface area contributed by atoms with E-state index in [0.717, 1.165) is 0 Å². The summed E-state index contributed by atoms with van der Waals surface area (Å²) in [4.78, 5) is 20.2. The van der Waals surface area contributed by atoms with Gasteiger partial charge in [0.25, 0.3) is 0 Å². The van der Waals surface area contributed by atoms with Crippen LogP contribution in [0.15, 0.2) is 30.3 Å². The van der Waals surface area contributed by atoms with Gasteiger partial charge >= 0.3 is 5.97 Å². The van der Waals surface area contributed by atoms with Crippen molar-refractivity contribution in [2.45, 2.75) is 6.92 Å². The van der Waals surface area contributed by atoms with Gasteiger partial charge in [-0.1, -0.05) is 34.8 Å². The van der Waals surface area contributed by atoms with Crippen LogP contribution in [0.1, 0.15) is 16.1 Å². The van der Waals surface area contributed by atoms with Crippen LogP contribution in [0.2, 0.25) is 15.1 Å². The second kappa shape index (κ2) is 5.96. The molecule has 3 aromatic rings. The molecular formula is C16H9Cl3N2O2. The number of nitrogens with zero attached hydrogens (tertiary/aromatic N) is 2. The third-order valence-corrected chi connectivity index (χ3v) is 4.59. The number of carboxylic acid groups (broad SMARTS) is 1. The van der Waals surface area contributed by atoms with Crippen molar-refractivity contribution in [2.75, 3.05) is 0 Å². The highest BCUT2D eigenvalue weighted by molar-refractivity contribution is 6.42. The lowest BCUT2D eigenvalue weighted by Crippen LogP contribution is -2.06. The number of hydrogen-bond acceptors (Lipinski definition) is 3. The molecule has 1 N–H and O–H groups in total. The topological polar surface area (TPSA) is 63.1 Å². The molecule has 4 nitrogen and oxygen atoms in total. The van der Waals surface area contributed by atoms with Crippen molar-refractivity contribution >= 4 is 51.7 Å². The minimum Gasteiger partial charge on any atom is -0.476 e. The van der Waals surface area contributed by atoms with Crippen molar-refractivity contribution in [1.82, 2.24) is 9.97 Å². The molecule has 0 unspecified atom stereocenters. The number of fused-ring (bicyclic) bond motifs is 1. The first-order chi connectivity index (χ1) is 10.9. The van der Waals surface area contributed by atoms with Crippen molar-refractivity contribution in [3.63, 3.8) is 0 Å². The molecule has 0 atom stereocenters. The predicted molar refractivity (Wildman–Crippen MR) is 91.7 cm³/mol. The summed E-state index contributed by atoms with van der Waals surface area (Å²) in [6.07, 6.45) is 0. The zero-order chi connectivity index (χ0) is 16.7. The van der Waals surface area contributed by atoms with Crippen molar-refractivity contribution in [3.05, 3.63) is 56.7 Å². The zero-order valence-corrected chi connectivity index (χ0v) is 14.0. The van der Waals surface area contributed by atoms with E-state index in [1.54, 1.807) is 37.3 Å². The smallest absolute Gasteiger partial charge is 0.355 e. The first-order valence-electron chi connectivity index (χ1n) is 6.54. The molecule has 1 heterocycles. The number of aromatic nitrogens is 2. The van der Waals surface area contributed by atoms with E-state index in [1.165, 1.54) is 0 Å². The number of halogens is 3. The van der Waals surface area contributed by atoms with Gasteiger partial charge in [-0.15, -0.1) is 0 Å². The molecule has 7 heteroatoms. The van der Waals surface area contributed by atoms with Gasteiger partial charge < -0.3 is 5.11 Å². The summed E-state index contributed by atoms with van der Waals surface area (Å²) in [6, 6.07) is 8.24. The van der Waals surface area contributed by atoms with Crippen LogP contribution >= 0.6 is 34.8 Å². The van der Waals surface area contributed by atoms with Crippen LogP contribution in [-0.2, 0) is 0 Å². The van der Waals surface area contributed by atoms with Gasteiger partial charge in [0.05, 0.1) is 15.6 Å². The molecule has 0 saturated carbocycles. The monoisotopic (exact) mass is 366 g/mol. The van der Waals surface area contributed by atoms with Gasteiger partial charge in [-0.3, -0.25) is 0 Å². The Kier molecular flexibility index (Phi) is 4.15. The molecule has 0 bridgehead atoms. The van der Waals surface area contributed by atoms with Gasteiger partial charge in [-0.05, 0) is 42.8 Å². The summed E-state index contributed by atoms with van der Waals surface area (Å²) in [5.74, 6) is -0.890. The molecule has 0 aliphatic rings. The molecule has 0 fully saturated rings. The minimum absolute atomic E-state index is 0.101. The van der Waals surface area contributed by atoms with Crippen LogP contribution in [0.5, 0.6) is 0 Å². The van der Waals surface area contributed by atoms with Gasteiger partial charge in [0, 0.05) is 16.0 Å². The van der Waals surface area contributed by atoms with E-state index in [-0.39, 0.29) is 11.5 Å². The molecule has 1 aromatic heterocycles. The third kappa shape index (κ3) is 2.85. The summed E-state index contributed by atoms with van der Waals surface area (Å²) >= 11 is 18.0. The molecule has 0 radical (unpaired) electrons. The molecule has 0 spiro atoms. The van der Waals surface area contributed by atoms with Crippen LogP contribution in [0.4, 0.5) is 0 Å². The van der Waals surface area contributed by atoms with E-state index >= 15 is 0 Å². The van der Waals surface area contributed by atoms with Gasteiger partial charge in [0.2, 0.25) is 0 Å². The predicted octanol–water partition coefficient (Wildman–Crippen LogP) is 5.26. The summed E-state index contributed by atoms with van der Waals surface area (Å²) in [5.41, 5.74) is 1.61. The van der Waals surface area contributed by atoms with Gasteiger partial charge in [0.15, 0.2) is 11.5 Å². The second-order valence-electron chi connectivity index (χ2n) is 4.90. The van der Waals surface area contributed by atoms with E-state index in [0.29, 0.717) is 37.1 Å². The number of carbonyl (C=O) groups is 1. The standard InChI is InChI=1S/C16H9Cl3N2O2/c1-7-9(17)4-5-12-13(7)14(16(22)23)21-15(20-12)8-2-3-10(18)11(19)6-8/h2-6H,1H3,(H,22,23). The zero-order valence-electron chi connectivity index (χ0n) is 11.8. The fraction of sp³-hybridized carbons (Fsp3) is 0.0625. The summed E-state index contributed by atoms with van der Waals surface area (Å²) in [7, 11) is 0. The van der Waals surface area contributed by atoms with Crippen molar-refractivity contribution in [3.8, 4) is 11.4 Å². The van der Waals surface area contributed by atoms with Crippen LogP contribution < -0.4 is 0 Å². The average molecular weight is 368 g/mol. The normalized spacial score (nSPS) is 11.0. The Balaban J connectivity index is 2.34. The lowest BCUT2D eigenvalue weighted by molar-refractivity contribution is 0.0693. The Morgan fingerprint density at radius 2 is 1.70 bits per heavy atom. The largest absolute Gasteiger partial charge is 0.476 e. The van der Waals surface area contributed by atoms with Crippen LogP contribution in [-0.4, -0.2) is 21.0 Å². The Hall–Kier alpha value is -1.88. The van der Waals surface area contributed by atoms with Crippen molar-refractivity contribution in [2.24, 2.45) is 0 Å². The SMILES string of the molecule is Cc1c(Cl)ccc2nc(-c3ccc(Cl)c(Cl)c3)nc(C(=O)O)c12. The van der Waals surface area contributed by atoms with E-state index < -0.39 is 5.97 Å². The lowest BCUT2D eigenvalue weighted by atomic mass is 10.1. The molecule has 0 aliphatic carbocycles. The maximum atomic E-state index is 11.6. The van der Waals surface area contributed by atoms with E-state index in [2.05, 4.69) is 9.97 Å². The molecule has 116 valence electrons. The Labute approximate surface area is 146 Å². The lowest BCUT2D eigenvalue weighted by Gasteiger charge is -2.10. The van der Waals surface area contributed by atoms with Crippen molar-refractivity contribution in [1.29, 1.82) is 0 Å². The molecule has 23 heavy (non-hydrogen) atoms. The second-order valence-corrected chi connectivity index (χ2v) is 6.12. The minimum atomic E-state index is -1.15. The van der Waals surface area contributed by atoms with Crippen LogP contribution in [0.3, 0.4) is 0 Å². The quantitative estimate of drug-likeness (QED) is 0.670. The Morgan fingerprint density at radius 1 is 1.00 bits per heavy atom. The number of aryl methyl sites for hydroxylation is 1. The van der Waals surface area contributed by atoms with Gasteiger partial charge in [0.1, 0.15) is 0 Å². The van der Waals surface area contributed by atoms with E-state index in [9.17, 15) is 9.90 Å². The number of carboxylic acids is 1. The highest BCUT2D eigenvalue weighted by atomic mass is 35.5. The average Bonchev–Trinajstić information content (AvgIpc) is 2.52. The van der Waals surface area contributed by atoms with E-state index in [4.69, 9.17) is 34.8 Å². The molecule has 3 rings (SSSR count). The first kappa shape index (κ1) is 16.0. The molecule has 2 aromatic carbocycles. The van der Waals surface area contributed by atoms with Crippen LogP contribution in [0, 0.1) is 6.92 Å². The van der Waals surface area contributed by atoms with Gasteiger partial charge in [-0.2, -0.15) is 0 Å². The fourth-order valence-corrected chi connectivity index (χ4v) is 2.74. The first-order valence-corrected chi connectivity index (χ1v) is 7.67. The molecule has 0 saturated heterocycles. The molecular weight excluding hydrogens is 359 g/mol.